The molecule has 0 spiro atoms. The monoisotopic (exact) mass is 442 g/mol. The quantitative estimate of drug-likeness (QED) is 0.429. The number of fused-ring (bicyclic) bond motifs is 1. The Morgan fingerprint density at radius 3 is 2.83 bits per heavy atom. The average molecular weight is 443 g/mol. The summed E-state index contributed by atoms with van der Waals surface area (Å²) in [5.41, 5.74) is 1.73. The van der Waals surface area contributed by atoms with Gasteiger partial charge < -0.3 is 14.6 Å². The van der Waals surface area contributed by atoms with E-state index in [2.05, 4.69) is 0 Å². The van der Waals surface area contributed by atoms with Crippen LogP contribution in [0.25, 0.3) is 6.08 Å². The van der Waals surface area contributed by atoms with Crippen molar-refractivity contribution in [2.45, 2.75) is 6.92 Å². The number of carbonyl (C=O) groups is 1. The molecule has 1 aliphatic rings. The SMILES string of the molecule is Cc1c(Cl)cc(C(=O)/C=C/c2ccc3c(c2)OCO3)c(O)c1I. The fourth-order valence-electron chi connectivity index (χ4n) is 2.17. The molecule has 2 aromatic carbocycles. The van der Waals surface area contributed by atoms with Crippen molar-refractivity contribution in [3.8, 4) is 17.2 Å². The van der Waals surface area contributed by atoms with Gasteiger partial charge in [0, 0.05) is 5.02 Å². The molecule has 1 N–H and O–H groups in total. The van der Waals surface area contributed by atoms with Crippen LogP contribution in [0.1, 0.15) is 21.5 Å². The Morgan fingerprint density at radius 1 is 1.30 bits per heavy atom. The number of phenolic OH excluding ortho intramolecular Hbond substituents is 1. The normalized spacial score (nSPS) is 12.8. The van der Waals surface area contributed by atoms with Crippen molar-refractivity contribution in [3.63, 3.8) is 0 Å². The van der Waals surface area contributed by atoms with Gasteiger partial charge in [-0.1, -0.05) is 23.7 Å². The first-order chi connectivity index (χ1) is 11.0. The third-order valence-electron chi connectivity index (χ3n) is 3.51. The fraction of sp³-hybridized carbons (Fsp3) is 0.118. The van der Waals surface area contributed by atoms with Crippen LogP contribution in [0.2, 0.25) is 5.02 Å². The van der Waals surface area contributed by atoms with Gasteiger partial charge >= 0.3 is 0 Å². The highest BCUT2D eigenvalue weighted by atomic mass is 127. The highest BCUT2D eigenvalue weighted by Gasteiger charge is 2.16. The van der Waals surface area contributed by atoms with Crippen molar-refractivity contribution in [1.29, 1.82) is 0 Å². The van der Waals surface area contributed by atoms with Gasteiger partial charge in [0.15, 0.2) is 17.3 Å². The number of hydrogen-bond acceptors (Lipinski definition) is 4. The number of ketones is 1. The first kappa shape index (κ1) is 16.1. The second-order valence-corrected chi connectivity index (χ2v) is 6.49. The Balaban J connectivity index is 1.87. The van der Waals surface area contributed by atoms with Crippen LogP contribution in [-0.4, -0.2) is 17.7 Å². The minimum Gasteiger partial charge on any atom is -0.506 e. The lowest BCUT2D eigenvalue weighted by Crippen LogP contribution is -1.98. The highest BCUT2D eigenvalue weighted by molar-refractivity contribution is 14.1. The minimum atomic E-state index is -0.319. The van der Waals surface area contributed by atoms with E-state index in [4.69, 9.17) is 21.1 Å². The lowest BCUT2D eigenvalue weighted by Gasteiger charge is -2.08. The third-order valence-corrected chi connectivity index (χ3v) is 5.22. The summed E-state index contributed by atoms with van der Waals surface area (Å²) in [5.74, 6) is 0.967. The standard InChI is InChI=1S/C17H12ClIO4/c1-9-12(18)7-11(17(21)16(9)19)13(20)4-2-10-3-5-14-15(6-10)23-8-22-14/h2-7,21H,8H2,1H3/b4-2+. The van der Waals surface area contributed by atoms with Crippen molar-refractivity contribution in [3.05, 3.63) is 55.6 Å². The van der Waals surface area contributed by atoms with Crippen LogP contribution in [-0.2, 0) is 0 Å². The van der Waals surface area contributed by atoms with Crippen LogP contribution in [0.3, 0.4) is 0 Å². The van der Waals surface area contributed by atoms with E-state index in [-0.39, 0.29) is 23.9 Å². The van der Waals surface area contributed by atoms with E-state index in [1.54, 1.807) is 25.1 Å². The van der Waals surface area contributed by atoms with Gasteiger partial charge in [-0.2, -0.15) is 0 Å². The molecule has 0 aromatic heterocycles. The predicted molar refractivity (Wildman–Crippen MR) is 96.5 cm³/mol. The average Bonchev–Trinajstić information content (AvgIpc) is 3.01. The topological polar surface area (TPSA) is 55.8 Å². The van der Waals surface area contributed by atoms with Crippen molar-refractivity contribution in [1.82, 2.24) is 0 Å². The molecular weight excluding hydrogens is 431 g/mol. The largest absolute Gasteiger partial charge is 0.506 e. The van der Waals surface area contributed by atoms with Crippen LogP contribution in [0.5, 0.6) is 17.2 Å². The Labute approximate surface area is 151 Å². The predicted octanol–water partition coefficient (Wildman–Crippen LogP) is 4.58. The van der Waals surface area contributed by atoms with Crippen LogP contribution in [0.15, 0.2) is 30.3 Å². The maximum atomic E-state index is 12.3. The molecule has 0 bridgehead atoms. The molecule has 3 rings (SSSR count). The van der Waals surface area contributed by atoms with E-state index in [1.165, 1.54) is 12.1 Å². The summed E-state index contributed by atoms with van der Waals surface area (Å²) in [6, 6.07) is 6.89. The molecule has 0 saturated carbocycles. The fourth-order valence-corrected chi connectivity index (χ4v) is 3.11. The zero-order valence-corrected chi connectivity index (χ0v) is 15.0. The summed E-state index contributed by atoms with van der Waals surface area (Å²) < 4.78 is 11.1. The first-order valence-electron chi connectivity index (χ1n) is 6.77. The summed E-state index contributed by atoms with van der Waals surface area (Å²) in [6.07, 6.45) is 3.05. The number of phenols is 1. The molecule has 0 saturated heterocycles. The molecule has 0 amide bonds. The molecule has 0 radical (unpaired) electrons. The zero-order chi connectivity index (χ0) is 16.6. The van der Waals surface area contributed by atoms with Crippen LogP contribution < -0.4 is 9.47 Å². The lowest BCUT2D eigenvalue weighted by molar-refractivity contribution is 0.104. The molecule has 0 atom stereocenters. The van der Waals surface area contributed by atoms with E-state index in [1.807, 2.05) is 28.7 Å². The maximum Gasteiger partial charge on any atom is 0.231 e. The molecule has 0 unspecified atom stereocenters. The molecule has 0 aliphatic carbocycles. The summed E-state index contributed by atoms with van der Waals surface area (Å²) in [6.45, 7) is 2.00. The van der Waals surface area contributed by atoms with Crippen molar-refractivity contribution >= 4 is 46.1 Å². The van der Waals surface area contributed by atoms with Gasteiger partial charge in [-0.3, -0.25) is 4.79 Å². The number of halogens is 2. The van der Waals surface area contributed by atoms with Crippen LogP contribution >= 0.6 is 34.2 Å². The number of aromatic hydroxyl groups is 1. The summed E-state index contributed by atoms with van der Waals surface area (Å²) >= 11 is 8.07. The Bertz CT molecular complexity index is 830. The second kappa shape index (κ2) is 6.41. The molecule has 2 aromatic rings. The molecule has 118 valence electrons. The van der Waals surface area contributed by atoms with E-state index >= 15 is 0 Å². The summed E-state index contributed by atoms with van der Waals surface area (Å²) in [4.78, 5) is 12.3. The molecule has 1 heterocycles. The Kier molecular flexibility index (Phi) is 4.50. The minimum absolute atomic E-state index is 0.0483. The van der Waals surface area contributed by atoms with Crippen molar-refractivity contribution in [2.75, 3.05) is 6.79 Å². The van der Waals surface area contributed by atoms with Gasteiger partial charge in [0.25, 0.3) is 0 Å². The van der Waals surface area contributed by atoms with E-state index in [9.17, 15) is 9.90 Å². The van der Waals surface area contributed by atoms with Gasteiger partial charge in [-0.25, -0.2) is 0 Å². The third kappa shape index (κ3) is 3.16. The van der Waals surface area contributed by atoms with E-state index < -0.39 is 0 Å². The Hall–Kier alpha value is -1.73. The van der Waals surface area contributed by atoms with Crippen molar-refractivity contribution in [2.24, 2.45) is 0 Å². The maximum absolute atomic E-state index is 12.3. The smallest absolute Gasteiger partial charge is 0.231 e. The van der Waals surface area contributed by atoms with Gasteiger partial charge in [0.05, 0.1) is 9.13 Å². The summed E-state index contributed by atoms with van der Waals surface area (Å²) in [5, 5.41) is 10.6. The van der Waals surface area contributed by atoms with Crippen molar-refractivity contribution < 1.29 is 19.4 Å². The molecule has 6 heteroatoms. The lowest BCUT2D eigenvalue weighted by atomic mass is 10.1. The zero-order valence-electron chi connectivity index (χ0n) is 12.1. The molecule has 0 fully saturated rings. The number of rotatable bonds is 3. The van der Waals surface area contributed by atoms with Gasteiger partial charge in [-0.05, 0) is 64.9 Å². The molecule has 23 heavy (non-hydrogen) atoms. The Morgan fingerprint density at radius 2 is 2.04 bits per heavy atom. The number of benzene rings is 2. The van der Waals surface area contributed by atoms with E-state index in [0.717, 1.165) is 11.1 Å². The van der Waals surface area contributed by atoms with Gasteiger partial charge in [0.2, 0.25) is 6.79 Å². The molecule has 4 nitrogen and oxygen atoms in total. The van der Waals surface area contributed by atoms with Gasteiger partial charge in [0.1, 0.15) is 5.75 Å². The van der Waals surface area contributed by atoms with E-state index in [0.29, 0.717) is 20.1 Å². The number of ether oxygens (including phenoxy) is 2. The van der Waals surface area contributed by atoms with Gasteiger partial charge in [-0.15, -0.1) is 0 Å². The number of carbonyl (C=O) groups excluding carboxylic acids is 1. The van der Waals surface area contributed by atoms with Crippen LogP contribution in [0.4, 0.5) is 0 Å². The molecular formula is C17H12ClIO4. The molecule has 1 aliphatic heterocycles. The first-order valence-corrected chi connectivity index (χ1v) is 8.22. The number of hydrogen-bond donors (Lipinski definition) is 1. The number of allylic oxidation sites excluding steroid dienone is 1. The second-order valence-electron chi connectivity index (χ2n) is 5.00. The summed E-state index contributed by atoms with van der Waals surface area (Å²) in [7, 11) is 0. The van der Waals surface area contributed by atoms with Crippen LogP contribution in [0, 0.1) is 10.5 Å². The highest BCUT2D eigenvalue weighted by Crippen LogP contribution is 2.34.